The highest BCUT2D eigenvalue weighted by Crippen LogP contribution is 2.26. The fourth-order valence-corrected chi connectivity index (χ4v) is 4.26. The van der Waals surface area contributed by atoms with E-state index in [0.29, 0.717) is 6.42 Å². The van der Waals surface area contributed by atoms with E-state index in [2.05, 4.69) is 34.3 Å². The van der Waals surface area contributed by atoms with Crippen LogP contribution in [0.5, 0.6) is 0 Å². The van der Waals surface area contributed by atoms with Gasteiger partial charge in [0.2, 0.25) is 5.91 Å². The van der Waals surface area contributed by atoms with Crippen LogP contribution in [0.2, 0.25) is 0 Å². The van der Waals surface area contributed by atoms with Crippen LogP contribution < -0.4 is 5.32 Å². The van der Waals surface area contributed by atoms with Crippen molar-refractivity contribution < 1.29 is 4.79 Å². The van der Waals surface area contributed by atoms with E-state index >= 15 is 0 Å². The molecule has 4 nitrogen and oxygen atoms in total. The van der Waals surface area contributed by atoms with Gasteiger partial charge in [0.1, 0.15) is 10.9 Å². The maximum absolute atomic E-state index is 12.3. The zero-order valence-electron chi connectivity index (χ0n) is 16.3. The predicted molar refractivity (Wildman–Crippen MR) is 114 cm³/mol. The quantitative estimate of drug-likeness (QED) is 0.355. The van der Waals surface area contributed by atoms with Crippen molar-refractivity contribution in [2.24, 2.45) is 0 Å². The first kappa shape index (κ1) is 19.4. The van der Waals surface area contributed by atoms with Crippen molar-refractivity contribution in [2.45, 2.75) is 45.6 Å². The van der Waals surface area contributed by atoms with Crippen molar-refractivity contribution in [3.8, 4) is 0 Å². The van der Waals surface area contributed by atoms with Gasteiger partial charge in [0.15, 0.2) is 0 Å². The molecule has 27 heavy (non-hydrogen) atoms. The molecule has 0 unspecified atom stereocenters. The number of carbonyl (C=O) groups excluding carboxylic acids is 1. The number of nitrogens with zero attached hydrogens (tertiary/aromatic N) is 2. The number of rotatable bonds is 6. The summed E-state index contributed by atoms with van der Waals surface area (Å²) in [4.78, 5) is 21.4. The minimum absolute atomic E-state index is 0.0642. The molecule has 0 aliphatic heterocycles. The highest BCUT2D eigenvalue weighted by molar-refractivity contribution is 7.99. The lowest BCUT2D eigenvalue weighted by molar-refractivity contribution is -0.116. The summed E-state index contributed by atoms with van der Waals surface area (Å²) in [7, 11) is 0. The first-order chi connectivity index (χ1) is 12.9. The molecule has 3 aromatic rings. The molecule has 2 aromatic carbocycles. The van der Waals surface area contributed by atoms with Crippen molar-refractivity contribution >= 4 is 34.3 Å². The van der Waals surface area contributed by atoms with Gasteiger partial charge in [-0.3, -0.25) is 4.79 Å². The van der Waals surface area contributed by atoms with Crippen LogP contribution in [0.15, 0.2) is 41.4 Å². The van der Waals surface area contributed by atoms with E-state index in [0.717, 1.165) is 50.7 Å². The van der Waals surface area contributed by atoms with E-state index in [1.54, 1.807) is 11.8 Å². The second-order valence-corrected chi connectivity index (χ2v) is 7.95. The highest BCUT2D eigenvalue weighted by Gasteiger charge is 2.10. The molecule has 0 bridgehead atoms. The third-order valence-electron chi connectivity index (χ3n) is 4.41. The summed E-state index contributed by atoms with van der Waals surface area (Å²) >= 11 is 1.69. The first-order valence-corrected chi connectivity index (χ1v) is 10.2. The third kappa shape index (κ3) is 4.86. The molecule has 1 amide bonds. The van der Waals surface area contributed by atoms with Crippen LogP contribution in [0, 0.1) is 27.7 Å². The molecular formula is C22H25N3OS. The largest absolute Gasteiger partial charge is 0.326 e. The monoisotopic (exact) mass is 379 g/mol. The summed E-state index contributed by atoms with van der Waals surface area (Å²) in [6.07, 6.45) is 1.31. The number of para-hydroxylation sites is 1. The number of nitrogens with one attached hydrogen (secondary N) is 1. The van der Waals surface area contributed by atoms with Gasteiger partial charge in [-0.2, -0.15) is 0 Å². The molecule has 140 valence electrons. The smallest absolute Gasteiger partial charge is 0.224 e. The van der Waals surface area contributed by atoms with Crippen LogP contribution in [0.3, 0.4) is 0 Å². The molecule has 0 radical (unpaired) electrons. The van der Waals surface area contributed by atoms with Crippen LogP contribution in [-0.4, -0.2) is 21.6 Å². The Hall–Kier alpha value is -2.40. The lowest BCUT2D eigenvalue weighted by Gasteiger charge is -2.13. The fraction of sp³-hybridized carbons (Fsp3) is 0.318. The molecule has 1 aromatic heterocycles. The summed E-state index contributed by atoms with van der Waals surface area (Å²) < 4.78 is 0. The lowest BCUT2D eigenvalue weighted by Crippen LogP contribution is -2.13. The summed E-state index contributed by atoms with van der Waals surface area (Å²) in [5, 5.41) is 5.13. The molecule has 0 fully saturated rings. The Kier molecular flexibility index (Phi) is 6.11. The summed E-state index contributed by atoms with van der Waals surface area (Å²) in [6.45, 7) is 8.06. The zero-order chi connectivity index (χ0) is 19.4. The van der Waals surface area contributed by atoms with Gasteiger partial charge in [0, 0.05) is 23.2 Å². The van der Waals surface area contributed by atoms with Gasteiger partial charge in [-0.15, -0.1) is 11.8 Å². The van der Waals surface area contributed by atoms with Crippen LogP contribution in [0.4, 0.5) is 5.69 Å². The zero-order valence-corrected chi connectivity index (χ0v) is 17.1. The number of carbonyl (C=O) groups is 1. The van der Waals surface area contributed by atoms with Gasteiger partial charge >= 0.3 is 0 Å². The molecule has 0 aliphatic carbocycles. The van der Waals surface area contributed by atoms with Crippen molar-refractivity contribution in [3.63, 3.8) is 0 Å². The van der Waals surface area contributed by atoms with Gasteiger partial charge in [0.25, 0.3) is 0 Å². The lowest BCUT2D eigenvalue weighted by atomic mass is 10.0. The number of hydrogen-bond donors (Lipinski definition) is 1. The highest BCUT2D eigenvalue weighted by atomic mass is 32.2. The average Bonchev–Trinajstić information content (AvgIpc) is 2.61. The van der Waals surface area contributed by atoms with Crippen molar-refractivity contribution in [3.05, 3.63) is 58.9 Å². The molecule has 0 spiro atoms. The summed E-state index contributed by atoms with van der Waals surface area (Å²) in [5.41, 5.74) is 5.34. The Morgan fingerprint density at radius 1 is 1.04 bits per heavy atom. The Bertz CT molecular complexity index is 961. The van der Waals surface area contributed by atoms with Crippen LogP contribution in [-0.2, 0) is 4.79 Å². The minimum atomic E-state index is 0.0642. The van der Waals surface area contributed by atoms with E-state index in [9.17, 15) is 4.79 Å². The molecule has 0 saturated carbocycles. The second-order valence-electron chi connectivity index (χ2n) is 6.87. The van der Waals surface area contributed by atoms with Gasteiger partial charge < -0.3 is 5.32 Å². The number of benzene rings is 2. The fourth-order valence-electron chi connectivity index (χ4n) is 3.25. The Labute approximate surface area is 164 Å². The number of fused-ring (bicyclic) bond motifs is 1. The summed E-state index contributed by atoms with van der Waals surface area (Å²) in [5.74, 6) is 1.69. The topological polar surface area (TPSA) is 54.9 Å². The number of thioether (sulfide) groups is 1. The predicted octanol–water partition coefficient (Wildman–Crippen LogP) is 5.37. The van der Waals surface area contributed by atoms with Crippen LogP contribution >= 0.6 is 11.8 Å². The third-order valence-corrected chi connectivity index (χ3v) is 5.49. The van der Waals surface area contributed by atoms with Crippen molar-refractivity contribution in [1.82, 2.24) is 9.97 Å². The molecule has 1 N–H and O–H groups in total. The molecule has 5 heteroatoms. The maximum atomic E-state index is 12.3. The molecule has 3 rings (SSSR count). The Balaban J connectivity index is 1.56. The molecule has 0 saturated heterocycles. The summed E-state index contributed by atoms with van der Waals surface area (Å²) in [6, 6.07) is 12.2. The molecule has 0 aliphatic rings. The van der Waals surface area contributed by atoms with Crippen LogP contribution in [0.1, 0.15) is 35.4 Å². The molecule has 0 atom stereocenters. The number of anilines is 1. The van der Waals surface area contributed by atoms with E-state index in [4.69, 9.17) is 0 Å². The molecule has 1 heterocycles. The Morgan fingerprint density at radius 3 is 2.48 bits per heavy atom. The van der Waals surface area contributed by atoms with Crippen molar-refractivity contribution in [1.29, 1.82) is 0 Å². The Morgan fingerprint density at radius 2 is 1.74 bits per heavy atom. The molecular weight excluding hydrogens is 354 g/mol. The number of aromatic nitrogens is 2. The van der Waals surface area contributed by atoms with E-state index < -0.39 is 0 Å². The van der Waals surface area contributed by atoms with E-state index in [-0.39, 0.29) is 5.91 Å². The normalized spacial score (nSPS) is 11.0. The van der Waals surface area contributed by atoms with E-state index in [1.807, 2.05) is 45.0 Å². The second kappa shape index (κ2) is 8.53. The van der Waals surface area contributed by atoms with Gasteiger partial charge in [-0.05, 0) is 51.3 Å². The van der Waals surface area contributed by atoms with Crippen LogP contribution in [0.25, 0.3) is 10.9 Å². The number of hydrogen-bond acceptors (Lipinski definition) is 4. The van der Waals surface area contributed by atoms with Gasteiger partial charge in [-0.1, -0.05) is 35.9 Å². The van der Waals surface area contributed by atoms with Gasteiger partial charge in [0.05, 0.1) is 5.52 Å². The minimum Gasteiger partial charge on any atom is -0.326 e. The number of amides is 1. The maximum Gasteiger partial charge on any atom is 0.224 e. The van der Waals surface area contributed by atoms with E-state index in [1.165, 1.54) is 5.56 Å². The number of aryl methyl sites for hydroxylation is 4. The van der Waals surface area contributed by atoms with Crippen molar-refractivity contribution in [2.75, 3.05) is 11.1 Å². The SMILES string of the molecule is Cc1cc(C)c(NC(=O)CCCSc2nc(C)nc3ccccc23)c(C)c1. The average molecular weight is 380 g/mol. The first-order valence-electron chi connectivity index (χ1n) is 9.18. The standard InChI is InChI=1S/C22H25N3OS/c1-14-12-15(2)21(16(3)13-14)25-20(26)10-7-11-27-22-18-8-5-6-9-19(18)23-17(4)24-22/h5-6,8-9,12-13H,7,10-11H2,1-4H3,(H,25,26). The van der Waals surface area contributed by atoms with Gasteiger partial charge in [-0.25, -0.2) is 9.97 Å².